The van der Waals surface area contributed by atoms with Gasteiger partial charge in [-0.1, -0.05) is 31.5 Å². The first kappa shape index (κ1) is 22.2. The second kappa shape index (κ2) is 10.0. The molecule has 0 aliphatic carbocycles. The van der Waals surface area contributed by atoms with Crippen molar-refractivity contribution < 1.29 is 23.5 Å². The second-order valence-electron chi connectivity index (χ2n) is 7.23. The average Bonchev–Trinajstić information content (AvgIpc) is 3.11. The molecule has 2 aromatic carbocycles. The number of carbonyl (C=O) groups excluding carboxylic acids is 2. The van der Waals surface area contributed by atoms with Gasteiger partial charge in [-0.2, -0.15) is 5.10 Å². The van der Waals surface area contributed by atoms with Crippen LogP contribution in [0, 0.1) is 12.7 Å². The van der Waals surface area contributed by atoms with Crippen molar-refractivity contribution in [3.63, 3.8) is 0 Å². The third kappa shape index (κ3) is 5.57. The Labute approximate surface area is 180 Å². The topological polar surface area (TPSA) is 70.4 Å². The van der Waals surface area contributed by atoms with Gasteiger partial charge in [0.05, 0.1) is 16.9 Å². The summed E-state index contributed by atoms with van der Waals surface area (Å²) in [6, 6.07) is 14.3. The first-order valence-electron chi connectivity index (χ1n) is 10.2. The van der Waals surface area contributed by atoms with Crippen molar-refractivity contribution in [2.24, 2.45) is 0 Å². The van der Waals surface area contributed by atoms with Gasteiger partial charge < -0.3 is 9.47 Å². The lowest BCUT2D eigenvalue weighted by Gasteiger charge is -2.19. The summed E-state index contributed by atoms with van der Waals surface area (Å²) in [7, 11) is 0. The molecule has 6 nitrogen and oxygen atoms in total. The van der Waals surface area contributed by atoms with Gasteiger partial charge in [0, 0.05) is 18.6 Å². The molecule has 1 aromatic heterocycles. The summed E-state index contributed by atoms with van der Waals surface area (Å²) >= 11 is 0. The SMILES string of the molecule is CCCC[C@@H](OC(C)=O)c1ccccc1C(=O)Oc1cc(C)nn1-c1ccc(F)cc1. The van der Waals surface area contributed by atoms with Crippen molar-refractivity contribution in [2.45, 2.75) is 46.1 Å². The lowest BCUT2D eigenvalue weighted by Crippen LogP contribution is -2.17. The third-order valence-corrected chi connectivity index (χ3v) is 4.72. The molecule has 0 unspecified atom stereocenters. The monoisotopic (exact) mass is 424 g/mol. The van der Waals surface area contributed by atoms with Crippen molar-refractivity contribution >= 4 is 11.9 Å². The molecular weight excluding hydrogens is 399 g/mol. The maximum absolute atomic E-state index is 13.3. The van der Waals surface area contributed by atoms with E-state index in [1.165, 1.54) is 23.7 Å². The molecule has 31 heavy (non-hydrogen) atoms. The van der Waals surface area contributed by atoms with Crippen LogP contribution in [0.3, 0.4) is 0 Å². The number of aromatic nitrogens is 2. The summed E-state index contributed by atoms with van der Waals surface area (Å²) in [5, 5.41) is 4.34. The van der Waals surface area contributed by atoms with Crippen LogP contribution < -0.4 is 4.74 Å². The molecule has 7 heteroatoms. The number of aryl methyl sites for hydroxylation is 1. The van der Waals surface area contributed by atoms with Crippen LogP contribution in [0.5, 0.6) is 5.88 Å². The molecule has 3 rings (SSSR count). The number of unbranched alkanes of at least 4 members (excludes halogenated alkanes) is 1. The van der Waals surface area contributed by atoms with Gasteiger partial charge in [-0.15, -0.1) is 0 Å². The van der Waals surface area contributed by atoms with Gasteiger partial charge in [-0.3, -0.25) is 4.79 Å². The highest BCUT2D eigenvalue weighted by Gasteiger charge is 2.23. The highest BCUT2D eigenvalue weighted by molar-refractivity contribution is 5.92. The van der Waals surface area contributed by atoms with Crippen LogP contribution in [0.25, 0.3) is 5.69 Å². The molecule has 0 fully saturated rings. The van der Waals surface area contributed by atoms with Crippen molar-refractivity contribution in [1.29, 1.82) is 0 Å². The lowest BCUT2D eigenvalue weighted by atomic mass is 9.98. The highest BCUT2D eigenvalue weighted by Crippen LogP contribution is 2.28. The Kier molecular flexibility index (Phi) is 7.18. The van der Waals surface area contributed by atoms with E-state index in [1.54, 1.807) is 49.4 Å². The van der Waals surface area contributed by atoms with Gasteiger partial charge in [0.25, 0.3) is 0 Å². The van der Waals surface area contributed by atoms with E-state index in [4.69, 9.17) is 9.47 Å². The molecule has 0 bridgehead atoms. The predicted molar refractivity (Wildman–Crippen MR) is 114 cm³/mol. The van der Waals surface area contributed by atoms with E-state index >= 15 is 0 Å². The summed E-state index contributed by atoms with van der Waals surface area (Å²) in [6.45, 7) is 5.17. The van der Waals surface area contributed by atoms with Crippen LogP contribution in [0.15, 0.2) is 54.6 Å². The summed E-state index contributed by atoms with van der Waals surface area (Å²) in [5.74, 6) is -1.16. The summed E-state index contributed by atoms with van der Waals surface area (Å²) in [6.07, 6.45) is 1.84. The fourth-order valence-electron chi connectivity index (χ4n) is 3.30. The van der Waals surface area contributed by atoms with E-state index in [-0.39, 0.29) is 11.7 Å². The van der Waals surface area contributed by atoms with Gasteiger partial charge in [-0.05, 0) is 50.1 Å². The normalized spacial score (nSPS) is 11.7. The minimum absolute atomic E-state index is 0.210. The quantitative estimate of drug-likeness (QED) is 0.457. The first-order chi connectivity index (χ1) is 14.9. The molecule has 3 aromatic rings. The number of hydrogen-bond donors (Lipinski definition) is 0. The van der Waals surface area contributed by atoms with E-state index in [2.05, 4.69) is 5.10 Å². The molecule has 1 atom stereocenters. The number of halogens is 1. The molecular formula is C24H25FN2O4. The maximum atomic E-state index is 13.3. The van der Waals surface area contributed by atoms with Crippen LogP contribution in [0.2, 0.25) is 0 Å². The standard InChI is InChI=1S/C24H25FN2O4/c1-4-5-10-22(30-17(3)28)20-8-6-7-9-21(20)24(29)31-23-15-16(2)26-27(23)19-13-11-18(25)12-14-19/h6-9,11-15,22H,4-5,10H2,1-3H3/t22-/m1/s1. The number of carbonyl (C=O) groups is 2. The number of nitrogens with zero attached hydrogens (tertiary/aromatic N) is 2. The minimum Gasteiger partial charge on any atom is -0.458 e. The Hall–Kier alpha value is -3.48. The largest absolute Gasteiger partial charge is 0.458 e. The minimum atomic E-state index is -0.590. The summed E-state index contributed by atoms with van der Waals surface area (Å²) < 4.78 is 25.9. The Morgan fingerprint density at radius 2 is 1.84 bits per heavy atom. The second-order valence-corrected chi connectivity index (χ2v) is 7.23. The van der Waals surface area contributed by atoms with E-state index in [0.29, 0.717) is 28.9 Å². The van der Waals surface area contributed by atoms with Crippen LogP contribution in [-0.4, -0.2) is 21.7 Å². The van der Waals surface area contributed by atoms with Crippen molar-refractivity contribution in [1.82, 2.24) is 9.78 Å². The van der Waals surface area contributed by atoms with Crippen LogP contribution in [0.1, 0.15) is 60.8 Å². The molecule has 0 aliphatic heterocycles. The Balaban J connectivity index is 1.91. The molecule has 0 amide bonds. The molecule has 1 heterocycles. The van der Waals surface area contributed by atoms with Crippen molar-refractivity contribution in [2.75, 3.05) is 0 Å². The average molecular weight is 424 g/mol. The fraction of sp³-hybridized carbons (Fsp3) is 0.292. The molecule has 0 radical (unpaired) electrons. The summed E-state index contributed by atoms with van der Waals surface area (Å²) in [4.78, 5) is 24.7. The van der Waals surface area contributed by atoms with E-state index < -0.39 is 18.0 Å². The van der Waals surface area contributed by atoms with Crippen LogP contribution >= 0.6 is 0 Å². The smallest absolute Gasteiger partial charge is 0.345 e. The van der Waals surface area contributed by atoms with E-state index in [0.717, 1.165) is 12.8 Å². The van der Waals surface area contributed by atoms with Crippen molar-refractivity contribution in [3.8, 4) is 11.6 Å². The Morgan fingerprint density at radius 3 is 2.52 bits per heavy atom. The lowest BCUT2D eigenvalue weighted by molar-refractivity contribution is -0.147. The number of esters is 2. The Bertz CT molecular complexity index is 1060. The molecule has 0 saturated carbocycles. The maximum Gasteiger partial charge on any atom is 0.345 e. The van der Waals surface area contributed by atoms with Gasteiger partial charge in [0.1, 0.15) is 11.9 Å². The molecule has 0 N–H and O–H groups in total. The van der Waals surface area contributed by atoms with Gasteiger partial charge in [-0.25, -0.2) is 13.9 Å². The molecule has 0 aliphatic rings. The fourth-order valence-corrected chi connectivity index (χ4v) is 3.30. The predicted octanol–water partition coefficient (Wildman–Crippen LogP) is 5.33. The molecule has 162 valence electrons. The van der Waals surface area contributed by atoms with Crippen LogP contribution in [-0.2, 0) is 9.53 Å². The highest BCUT2D eigenvalue weighted by atomic mass is 19.1. The summed E-state index contributed by atoms with van der Waals surface area (Å²) in [5.41, 5.74) is 2.11. The number of rotatable bonds is 8. The number of ether oxygens (including phenoxy) is 2. The van der Waals surface area contributed by atoms with Gasteiger partial charge >= 0.3 is 11.9 Å². The zero-order valence-corrected chi connectivity index (χ0v) is 17.8. The first-order valence-corrected chi connectivity index (χ1v) is 10.2. The van der Waals surface area contributed by atoms with E-state index in [1.807, 2.05) is 6.92 Å². The number of hydrogen-bond acceptors (Lipinski definition) is 5. The Morgan fingerprint density at radius 1 is 1.13 bits per heavy atom. The zero-order chi connectivity index (χ0) is 22.4. The molecule has 0 saturated heterocycles. The third-order valence-electron chi connectivity index (χ3n) is 4.72. The number of benzene rings is 2. The van der Waals surface area contributed by atoms with Crippen molar-refractivity contribution in [3.05, 3.63) is 77.2 Å². The zero-order valence-electron chi connectivity index (χ0n) is 17.8. The molecule has 0 spiro atoms. The van der Waals surface area contributed by atoms with Crippen LogP contribution in [0.4, 0.5) is 4.39 Å². The van der Waals surface area contributed by atoms with Gasteiger partial charge in [0.15, 0.2) is 0 Å². The van der Waals surface area contributed by atoms with E-state index in [9.17, 15) is 14.0 Å². The van der Waals surface area contributed by atoms with Gasteiger partial charge in [0.2, 0.25) is 5.88 Å².